The van der Waals surface area contributed by atoms with Gasteiger partial charge in [0.1, 0.15) is 21.9 Å². The van der Waals surface area contributed by atoms with Crippen LogP contribution in [-0.4, -0.2) is 24.5 Å². The van der Waals surface area contributed by atoms with E-state index in [9.17, 15) is 17.2 Å². The van der Waals surface area contributed by atoms with Gasteiger partial charge < -0.3 is 5.73 Å². The molecule has 1 aromatic carbocycles. The standard InChI is InChI=1S/C13H15BrF2N2O2S/c1-12(2)11(17)18-13(3,10(16)21(12,19)20)8-6-7(14)4-5-9(8)15/h4-6,10H,1-3H3,(H2,17,18)/t10-,13+/m0/s1. The Bertz CT molecular complexity index is 734. The molecule has 0 bridgehead atoms. The summed E-state index contributed by atoms with van der Waals surface area (Å²) in [6.45, 7) is 3.79. The average molecular weight is 381 g/mol. The van der Waals surface area contributed by atoms with E-state index in [-0.39, 0.29) is 11.4 Å². The van der Waals surface area contributed by atoms with E-state index in [1.165, 1.54) is 32.9 Å². The van der Waals surface area contributed by atoms with Gasteiger partial charge in [0, 0.05) is 10.0 Å². The SMILES string of the molecule is CC1(C)C(N)=N[C@](C)(c2cc(Br)ccc2F)[C@@H](F)S1(=O)=O. The van der Waals surface area contributed by atoms with Crippen LogP contribution >= 0.6 is 15.9 Å². The highest BCUT2D eigenvalue weighted by atomic mass is 79.9. The number of halogens is 3. The number of nitrogens with two attached hydrogens (primary N) is 1. The molecule has 1 aliphatic heterocycles. The van der Waals surface area contributed by atoms with Crippen LogP contribution in [0, 0.1) is 5.82 Å². The van der Waals surface area contributed by atoms with Gasteiger partial charge in [-0.1, -0.05) is 15.9 Å². The third-order valence-electron chi connectivity index (χ3n) is 3.87. The van der Waals surface area contributed by atoms with Gasteiger partial charge in [-0.05, 0) is 39.0 Å². The van der Waals surface area contributed by atoms with Gasteiger partial charge in [-0.15, -0.1) is 0 Å². The van der Waals surface area contributed by atoms with Crippen molar-refractivity contribution < 1.29 is 17.2 Å². The number of amidine groups is 1. The Morgan fingerprint density at radius 3 is 2.48 bits per heavy atom. The summed E-state index contributed by atoms with van der Waals surface area (Å²) in [6.07, 6.45) is 0. The van der Waals surface area contributed by atoms with E-state index in [2.05, 4.69) is 20.9 Å². The highest BCUT2D eigenvalue weighted by molar-refractivity contribution is 9.10. The van der Waals surface area contributed by atoms with Crippen molar-refractivity contribution in [2.75, 3.05) is 0 Å². The normalized spacial score (nSPS) is 30.8. The third kappa shape index (κ3) is 2.19. The third-order valence-corrected chi connectivity index (χ3v) is 7.00. The molecule has 0 radical (unpaired) electrons. The minimum Gasteiger partial charge on any atom is -0.386 e. The van der Waals surface area contributed by atoms with Crippen molar-refractivity contribution in [2.45, 2.75) is 36.6 Å². The van der Waals surface area contributed by atoms with Gasteiger partial charge in [0.15, 0.2) is 9.84 Å². The van der Waals surface area contributed by atoms with Crippen molar-refractivity contribution in [1.29, 1.82) is 0 Å². The van der Waals surface area contributed by atoms with Gasteiger partial charge >= 0.3 is 0 Å². The summed E-state index contributed by atoms with van der Waals surface area (Å²) in [4.78, 5) is 4.00. The zero-order chi connectivity index (χ0) is 16.2. The van der Waals surface area contributed by atoms with E-state index in [1.807, 2.05) is 0 Å². The van der Waals surface area contributed by atoms with E-state index in [1.54, 1.807) is 0 Å². The maximum atomic E-state index is 14.7. The molecule has 21 heavy (non-hydrogen) atoms. The maximum absolute atomic E-state index is 14.7. The highest BCUT2D eigenvalue weighted by Gasteiger charge is 2.57. The van der Waals surface area contributed by atoms with Crippen LogP contribution in [0.1, 0.15) is 26.3 Å². The lowest BCUT2D eigenvalue weighted by molar-refractivity contribution is 0.267. The summed E-state index contributed by atoms with van der Waals surface area (Å²) in [5.74, 6) is -0.979. The number of hydrogen-bond acceptors (Lipinski definition) is 4. The number of nitrogens with zero attached hydrogens (tertiary/aromatic N) is 1. The lowest BCUT2D eigenvalue weighted by Crippen LogP contribution is -2.58. The number of sulfone groups is 1. The molecule has 2 atom stereocenters. The lowest BCUT2D eigenvalue weighted by Gasteiger charge is -2.40. The number of benzene rings is 1. The van der Waals surface area contributed by atoms with Crippen LogP contribution in [0.2, 0.25) is 0 Å². The number of alkyl halides is 1. The first-order valence-electron chi connectivity index (χ1n) is 6.13. The number of rotatable bonds is 1. The molecule has 1 aliphatic rings. The first kappa shape index (κ1) is 16.4. The molecule has 0 unspecified atom stereocenters. The Morgan fingerprint density at radius 1 is 1.33 bits per heavy atom. The minimum atomic E-state index is -4.28. The smallest absolute Gasteiger partial charge is 0.230 e. The Hall–Kier alpha value is -1.02. The molecule has 8 heteroatoms. The second kappa shape index (κ2) is 4.74. The van der Waals surface area contributed by atoms with E-state index in [0.29, 0.717) is 4.47 Å². The predicted octanol–water partition coefficient (Wildman–Crippen LogP) is 2.66. The van der Waals surface area contributed by atoms with Crippen molar-refractivity contribution in [1.82, 2.24) is 0 Å². The van der Waals surface area contributed by atoms with Gasteiger partial charge in [0.25, 0.3) is 0 Å². The molecular formula is C13H15BrF2N2O2S. The summed E-state index contributed by atoms with van der Waals surface area (Å²) < 4.78 is 52.4. The van der Waals surface area contributed by atoms with Crippen LogP contribution in [0.3, 0.4) is 0 Å². The topological polar surface area (TPSA) is 72.5 Å². The lowest BCUT2D eigenvalue weighted by atomic mass is 9.92. The van der Waals surface area contributed by atoms with Gasteiger partial charge in [0.2, 0.25) is 5.50 Å². The van der Waals surface area contributed by atoms with Gasteiger partial charge in [-0.3, -0.25) is 4.99 Å². The molecule has 0 saturated heterocycles. The highest BCUT2D eigenvalue weighted by Crippen LogP contribution is 2.44. The molecule has 2 N–H and O–H groups in total. The second-order valence-corrected chi connectivity index (χ2v) is 9.08. The Balaban J connectivity index is 2.79. The average Bonchev–Trinajstić information content (AvgIpc) is 2.38. The largest absolute Gasteiger partial charge is 0.386 e. The molecule has 4 nitrogen and oxygen atoms in total. The summed E-state index contributed by atoms with van der Waals surface area (Å²) in [5.41, 5.74) is 1.24. The summed E-state index contributed by atoms with van der Waals surface area (Å²) in [6, 6.07) is 3.87. The molecule has 116 valence electrons. The molecule has 0 amide bonds. The quantitative estimate of drug-likeness (QED) is 0.813. The molecule has 0 aliphatic carbocycles. The molecule has 0 fully saturated rings. The van der Waals surface area contributed by atoms with Crippen LogP contribution in [-0.2, 0) is 15.4 Å². The first-order chi connectivity index (χ1) is 9.44. The summed E-state index contributed by atoms with van der Waals surface area (Å²) in [5, 5.41) is 0. The molecular weight excluding hydrogens is 366 g/mol. The monoisotopic (exact) mass is 380 g/mol. The fourth-order valence-corrected chi connectivity index (χ4v) is 4.21. The van der Waals surface area contributed by atoms with Crippen LogP contribution in [0.5, 0.6) is 0 Å². The van der Waals surface area contributed by atoms with E-state index in [4.69, 9.17) is 5.73 Å². The summed E-state index contributed by atoms with van der Waals surface area (Å²) >= 11 is 3.15. The van der Waals surface area contributed by atoms with E-state index in [0.717, 1.165) is 6.07 Å². The predicted molar refractivity (Wildman–Crippen MR) is 81.0 cm³/mol. The maximum Gasteiger partial charge on any atom is 0.230 e. The Labute approximate surface area is 130 Å². The van der Waals surface area contributed by atoms with Crippen LogP contribution in [0.15, 0.2) is 27.7 Å². The fraction of sp³-hybridized carbons (Fsp3) is 0.462. The van der Waals surface area contributed by atoms with Crippen molar-refractivity contribution in [3.8, 4) is 0 Å². The minimum absolute atomic E-state index is 0.161. The van der Waals surface area contributed by atoms with Crippen LogP contribution in [0.25, 0.3) is 0 Å². The molecule has 0 spiro atoms. The first-order valence-corrected chi connectivity index (χ1v) is 8.47. The molecule has 1 heterocycles. The van der Waals surface area contributed by atoms with E-state index >= 15 is 0 Å². The number of aliphatic imine (C=N–C) groups is 1. The van der Waals surface area contributed by atoms with Gasteiger partial charge in [0.05, 0.1) is 0 Å². The van der Waals surface area contributed by atoms with Crippen molar-refractivity contribution in [3.05, 3.63) is 34.1 Å². The second-order valence-electron chi connectivity index (χ2n) is 5.64. The van der Waals surface area contributed by atoms with Crippen LogP contribution < -0.4 is 5.73 Å². The molecule has 0 saturated carbocycles. The van der Waals surface area contributed by atoms with Gasteiger partial charge in [-0.25, -0.2) is 17.2 Å². The van der Waals surface area contributed by atoms with E-state index < -0.39 is 31.4 Å². The van der Waals surface area contributed by atoms with Crippen molar-refractivity contribution in [3.63, 3.8) is 0 Å². The molecule has 0 aromatic heterocycles. The van der Waals surface area contributed by atoms with Crippen molar-refractivity contribution in [2.24, 2.45) is 10.7 Å². The van der Waals surface area contributed by atoms with Gasteiger partial charge in [-0.2, -0.15) is 0 Å². The molecule has 2 rings (SSSR count). The zero-order valence-electron chi connectivity index (χ0n) is 11.7. The fourth-order valence-electron chi connectivity index (χ4n) is 2.21. The summed E-state index contributed by atoms with van der Waals surface area (Å²) in [7, 11) is -4.28. The zero-order valence-corrected chi connectivity index (χ0v) is 14.1. The van der Waals surface area contributed by atoms with Crippen molar-refractivity contribution >= 4 is 31.6 Å². The Morgan fingerprint density at radius 2 is 1.90 bits per heavy atom. The number of hydrogen-bond donors (Lipinski definition) is 1. The van der Waals surface area contributed by atoms with Crippen LogP contribution in [0.4, 0.5) is 8.78 Å². The molecule has 1 aromatic rings. The Kier molecular flexibility index (Phi) is 3.69.